The molecule has 0 saturated carbocycles. The minimum absolute atomic E-state index is 0.263. The molecule has 154 valence electrons. The van der Waals surface area contributed by atoms with Crippen LogP contribution < -0.4 is 0 Å². The minimum atomic E-state index is -4.24. The maximum atomic E-state index is 11.0. The zero-order chi connectivity index (χ0) is 21.4. The van der Waals surface area contributed by atoms with Crippen LogP contribution in [0.1, 0.15) is 31.4 Å². The lowest BCUT2D eigenvalue weighted by Gasteiger charge is -2.15. The maximum absolute atomic E-state index is 11.0. The molecule has 0 saturated heterocycles. The van der Waals surface area contributed by atoms with E-state index in [9.17, 15) is 18.1 Å². The Bertz CT molecular complexity index is 1100. The summed E-state index contributed by atoms with van der Waals surface area (Å²) in [5, 5.41) is 9.99. The molecule has 1 aliphatic rings. The van der Waals surface area contributed by atoms with Crippen molar-refractivity contribution in [2.45, 2.75) is 25.7 Å². The van der Waals surface area contributed by atoms with Crippen LogP contribution in [0.4, 0.5) is 5.69 Å². The van der Waals surface area contributed by atoms with E-state index in [1.54, 1.807) is 0 Å². The van der Waals surface area contributed by atoms with Crippen molar-refractivity contribution in [3.63, 3.8) is 0 Å². The molecular formula is C21H21I2NO4S. The molecule has 0 aromatic heterocycles. The number of phenolic OH excluding ortho intramolecular Hbond substituents is 1. The summed E-state index contributed by atoms with van der Waals surface area (Å²) in [6.45, 7) is 4.73. The van der Waals surface area contributed by atoms with Crippen LogP contribution in [0.5, 0.6) is 5.75 Å². The summed E-state index contributed by atoms with van der Waals surface area (Å²) in [7, 11) is -4.24. The normalized spacial score (nSPS) is 15.9. The highest BCUT2D eigenvalue weighted by Crippen LogP contribution is 2.40. The standard InChI is InChI=1S/C21H21I2NO4S/c1-21(2)15-6-3-4-7-18(15)24(10-5-11-29(26,27)28)19(21)9-8-14-12-16(22)20(25)17(23)13-14/h3-4,6-9,12-13H,5,10-11H2,1-2H3,(H,26,27,28). The molecule has 2 aromatic rings. The van der Waals surface area contributed by atoms with Crippen LogP contribution in [0.2, 0.25) is 0 Å². The molecule has 29 heavy (non-hydrogen) atoms. The first kappa shape index (κ1) is 22.7. The molecule has 1 N–H and O–H groups in total. The van der Waals surface area contributed by atoms with Crippen molar-refractivity contribution in [2.75, 3.05) is 12.3 Å². The van der Waals surface area contributed by atoms with Gasteiger partial charge in [-0.05, 0) is 82.8 Å². The highest BCUT2D eigenvalue weighted by atomic mass is 127. The summed E-state index contributed by atoms with van der Waals surface area (Å²) in [6, 6.07) is 11.9. The number of rotatable bonds is 6. The number of phenols is 1. The molecular weight excluding hydrogens is 616 g/mol. The first-order valence-electron chi connectivity index (χ1n) is 9.05. The highest BCUT2D eigenvalue weighted by Gasteiger charge is 2.43. The third kappa shape index (κ3) is 5.02. The van der Waals surface area contributed by atoms with E-state index in [0.717, 1.165) is 24.1 Å². The van der Waals surface area contributed by atoms with Crippen LogP contribution in [0.3, 0.4) is 0 Å². The van der Waals surface area contributed by atoms with Gasteiger partial charge in [-0.3, -0.25) is 0 Å². The summed E-state index contributed by atoms with van der Waals surface area (Å²) in [6.07, 6.45) is 4.32. The molecule has 8 heteroatoms. The quantitative estimate of drug-likeness (QED) is 0.285. The van der Waals surface area contributed by atoms with Crippen molar-refractivity contribution in [1.82, 2.24) is 0 Å². The van der Waals surface area contributed by atoms with Crippen LogP contribution in [-0.2, 0) is 15.5 Å². The van der Waals surface area contributed by atoms with E-state index in [1.807, 2.05) is 42.5 Å². The first-order valence-corrected chi connectivity index (χ1v) is 12.8. The molecule has 5 nitrogen and oxygen atoms in total. The average Bonchev–Trinajstić information content (AvgIpc) is 2.84. The Kier molecular flexibility index (Phi) is 6.76. The summed E-state index contributed by atoms with van der Waals surface area (Å²) < 4.78 is 36.8. The number of hydrogen-bond donors (Lipinski definition) is 1. The second-order valence-electron chi connectivity index (χ2n) is 7.46. The monoisotopic (exact) mass is 637 g/mol. The second kappa shape index (κ2) is 8.64. The van der Waals surface area contributed by atoms with Gasteiger partial charge in [0.25, 0.3) is 0 Å². The van der Waals surface area contributed by atoms with Gasteiger partial charge >= 0.3 is 0 Å². The average molecular weight is 637 g/mol. The van der Waals surface area contributed by atoms with E-state index in [2.05, 4.69) is 69.7 Å². The molecule has 0 radical (unpaired) electrons. The molecule has 0 unspecified atom stereocenters. The fourth-order valence-corrected chi connectivity index (χ4v) is 5.94. The van der Waals surface area contributed by atoms with Gasteiger partial charge in [0.15, 0.2) is 5.71 Å². The van der Waals surface area contributed by atoms with Crippen molar-refractivity contribution in [3.05, 3.63) is 60.7 Å². The fourth-order valence-electron chi connectivity index (χ4n) is 3.64. The van der Waals surface area contributed by atoms with Crippen molar-refractivity contribution in [1.29, 1.82) is 0 Å². The SMILES string of the molecule is CC1(C)C(C=Cc2cc(I)c(O)c(I)c2)=[N+](CCCS(=O)(=O)[O-])c2ccccc21. The number of allylic oxidation sites excluding steroid dienone is 1. The van der Waals surface area contributed by atoms with Gasteiger partial charge in [0, 0.05) is 29.9 Å². The predicted octanol–water partition coefficient (Wildman–Crippen LogP) is 4.63. The Morgan fingerprint density at radius 1 is 1.14 bits per heavy atom. The minimum Gasteiger partial charge on any atom is -0.748 e. The summed E-state index contributed by atoms with van der Waals surface area (Å²) >= 11 is 4.22. The van der Waals surface area contributed by atoms with Crippen LogP contribution >= 0.6 is 45.2 Å². The number of benzene rings is 2. The van der Waals surface area contributed by atoms with Crippen molar-refractivity contribution in [3.8, 4) is 5.75 Å². The highest BCUT2D eigenvalue weighted by molar-refractivity contribution is 14.1. The van der Waals surface area contributed by atoms with Gasteiger partial charge in [0.1, 0.15) is 12.3 Å². The molecule has 0 bridgehead atoms. The van der Waals surface area contributed by atoms with Crippen molar-refractivity contribution in [2.24, 2.45) is 0 Å². The Morgan fingerprint density at radius 3 is 2.38 bits per heavy atom. The van der Waals surface area contributed by atoms with Gasteiger partial charge in [-0.15, -0.1) is 0 Å². The number of fused-ring (bicyclic) bond motifs is 1. The molecule has 0 atom stereocenters. The second-order valence-corrected chi connectivity index (χ2v) is 11.3. The van der Waals surface area contributed by atoms with E-state index in [-0.39, 0.29) is 23.3 Å². The first-order chi connectivity index (χ1) is 13.5. The molecule has 0 aliphatic carbocycles. The zero-order valence-corrected chi connectivity index (χ0v) is 21.2. The van der Waals surface area contributed by atoms with E-state index >= 15 is 0 Å². The Balaban J connectivity index is 2.02. The van der Waals surface area contributed by atoms with Crippen LogP contribution in [-0.4, -0.2) is 40.7 Å². The lowest BCUT2D eigenvalue weighted by Crippen LogP contribution is -2.28. The molecule has 1 aliphatic heterocycles. The maximum Gasteiger partial charge on any atom is 0.209 e. The van der Waals surface area contributed by atoms with Crippen LogP contribution in [0.15, 0.2) is 42.5 Å². The smallest absolute Gasteiger partial charge is 0.209 e. The van der Waals surface area contributed by atoms with Crippen LogP contribution in [0, 0.1) is 7.14 Å². The van der Waals surface area contributed by atoms with Crippen molar-refractivity contribution >= 4 is 72.8 Å². The number of halogens is 2. The molecule has 0 amide bonds. The van der Waals surface area contributed by atoms with Crippen LogP contribution in [0.25, 0.3) is 6.08 Å². The van der Waals surface area contributed by atoms with Gasteiger partial charge in [-0.2, -0.15) is 4.58 Å². The zero-order valence-electron chi connectivity index (χ0n) is 16.0. The van der Waals surface area contributed by atoms with Gasteiger partial charge < -0.3 is 9.66 Å². The Labute approximate surface area is 198 Å². The molecule has 1 heterocycles. The third-order valence-corrected chi connectivity index (χ3v) is 7.48. The summed E-state index contributed by atoms with van der Waals surface area (Å²) in [5.74, 6) is -0.0951. The van der Waals surface area contributed by atoms with E-state index in [0.29, 0.717) is 6.54 Å². The molecule has 0 fully saturated rings. The summed E-state index contributed by atoms with van der Waals surface area (Å²) in [5.41, 5.74) is 3.95. The molecule has 3 rings (SSSR count). The molecule has 2 aromatic carbocycles. The third-order valence-electron chi connectivity index (χ3n) is 5.05. The van der Waals surface area contributed by atoms with Gasteiger partial charge in [-0.25, -0.2) is 8.42 Å². The lowest BCUT2D eigenvalue weighted by molar-refractivity contribution is -0.437. The number of hydrogen-bond acceptors (Lipinski definition) is 4. The lowest BCUT2D eigenvalue weighted by atomic mass is 9.81. The number of para-hydroxylation sites is 1. The van der Waals surface area contributed by atoms with Gasteiger partial charge in [0.2, 0.25) is 5.69 Å². The number of nitrogens with zero attached hydrogens (tertiary/aromatic N) is 1. The van der Waals surface area contributed by atoms with E-state index < -0.39 is 10.1 Å². The summed E-state index contributed by atoms with van der Waals surface area (Å²) in [4.78, 5) is 0. The Hall–Kier alpha value is -0.980. The van der Waals surface area contributed by atoms with Crippen molar-refractivity contribution < 1.29 is 22.7 Å². The topological polar surface area (TPSA) is 80.4 Å². The van der Waals surface area contributed by atoms with Gasteiger partial charge in [-0.1, -0.05) is 18.2 Å². The number of aromatic hydroxyl groups is 1. The Morgan fingerprint density at radius 2 is 1.76 bits per heavy atom. The van der Waals surface area contributed by atoms with E-state index in [4.69, 9.17) is 0 Å². The van der Waals surface area contributed by atoms with Gasteiger partial charge in [0.05, 0.1) is 22.7 Å². The van der Waals surface area contributed by atoms with E-state index in [1.165, 1.54) is 5.56 Å². The largest absolute Gasteiger partial charge is 0.748 e. The molecule has 0 spiro atoms. The predicted molar refractivity (Wildman–Crippen MR) is 131 cm³/mol. The fraction of sp³-hybridized carbons (Fsp3) is 0.286.